The van der Waals surface area contributed by atoms with Crippen molar-refractivity contribution in [1.29, 1.82) is 0 Å². The van der Waals surface area contributed by atoms with Gasteiger partial charge in [0.2, 0.25) is 5.91 Å². The van der Waals surface area contributed by atoms with E-state index in [0.29, 0.717) is 31.0 Å². The van der Waals surface area contributed by atoms with Crippen LogP contribution in [0.25, 0.3) is 0 Å². The summed E-state index contributed by atoms with van der Waals surface area (Å²) in [6, 6.07) is 5.72. The Labute approximate surface area is 157 Å². The zero-order valence-corrected chi connectivity index (χ0v) is 16.2. The van der Waals surface area contributed by atoms with E-state index < -0.39 is 19.9 Å². The van der Waals surface area contributed by atoms with E-state index in [1.807, 2.05) is 4.90 Å². The molecule has 0 aliphatic carbocycles. The normalized spacial score (nSPS) is 17.5. The van der Waals surface area contributed by atoms with E-state index in [-0.39, 0.29) is 22.3 Å². The fourth-order valence-corrected chi connectivity index (χ4v) is 5.00. The van der Waals surface area contributed by atoms with Crippen molar-refractivity contribution in [3.05, 3.63) is 36.2 Å². The van der Waals surface area contributed by atoms with E-state index in [2.05, 4.69) is 15.6 Å². The molecule has 0 unspecified atom stereocenters. The van der Waals surface area contributed by atoms with Gasteiger partial charge in [0.05, 0.1) is 28.3 Å². The van der Waals surface area contributed by atoms with Gasteiger partial charge < -0.3 is 5.32 Å². The lowest BCUT2D eigenvalue weighted by Gasteiger charge is -2.25. The topological polar surface area (TPSA) is 131 Å². The van der Waals surface area contributed by atoms with E-state index >= 15 is 0 Å². The van der Waals surface area contributed by atoms with Gasteiger partial charge in [-0.15, -0.1) is 9.19 Å². The number of carbonyl (C=O) groups is 1. The molecule has 0 atom stereocenters. The number of nitrogens with one attached hydrogen (secondary N) is 1. The molecule has 2 aromatic rings. The van der Waals surface area contributed by atoms with Gasteiger partial charge in [0.15, 0.2) is 9.84 Å². The van der Waals surface area contributed by atoms with Crippen molar-refractivity contribution in [3.8, 4) is 0 Å². The second-order valence-corrected chi connectivity index (χ2v) is 10.3. The van der Waals surface area contributed by atoms with Crippen LogP contribution in [0, 0.1) is 0 Å². The van der Waals surface area contributed by atoms with E-state index in [1.165, 1.54) is 37.4 Å². The molecule has 3 rings (SSSR count). The molecule has 1 aromatic carbocycles. The molecule has 0 saturated carbocycles. The monoisotopic (exact) mass is 413 g/mol. The Morgan fingerprint density at radius 2 is 1.81 bits per heavy atom. The number of hydrogen-bond acceptors (Lipinski definition) is 8. The van der Waals surface area contributed by atoms with Crippen molar-refractivity contribution >= 4 is 31.5 Å². The number of carbonyl (C=O) groups excluding carboxylic acids is 1. The predicted octanol–water partition coefficient (Wildman–Crippen LogP) is -0.296. The molecule has 0 radical (unpaired) electrons. The number of anilines is 1. The fourth-order valence-electron chi connectivity index (χ4n) is 2.63. The highest BCUT2D eigenvalue weighted by atomic mass is 32.2. The summed E-state index contributed by atoms with van der Waals surface area (Å²) in [5.74, 6) is -0.0859. The first kappa shape index (κ1) is 19.5. The summed E-state index contributed by atoms with van der Waals surface area (Å²) in [4.78, 5) is 12.9. The van der Waals surface area contributed by atoms with Crippen LogP contribution >= 0.6 is 0 Å². The Morgan fingerprint density at radius 3 is 2.41 bits per heavy atom. The van der Waals surface area contributed by atoms with Crippen LogP contribution in [0.2, 0.25) is 0 Å². The maximum absolute atomic E-state index is 12.6. The second kappa shape index (κ2) is 7.37. The van der Waals surface area contributed by atoms with Crippen molar-refractivity contribution in [2.24, 2.45) is 0 Å². The van der Waals surface area contributed by atoms with Gasteiger partial charge in [0.25, 0.3) is 10.0 Å². The van der Waals surface area contributed by atoms with Crippen LogP contribution < -0.4 is 5.32 Å². The SMILES string of the molecule is CC(=O)Nc1ccc(S(=O)(=O)n2cc(CN3CCS(=O)(=O)CC3)nn2)cc1. The third-order valence-electron chi connectivity index (χ3n) is 4.06. The summed E-state index contributed by atoms with van der Waals surface area (Å²) in [5, 5.41) is 10.1. The van der Waals surface area contributed by atoms with Crippen LogP contribution in [0.4, 0.5) is 5.69 Å². The van der Waals surface area contributed by atoms with Crippen LogP contribution in [0.5, 0.6) is 0 Å². The highest BCUT2D eigenvalue weighted by Gasteiger charge is 2.24. The smallest absolute Gasteiger partial charge is 0.284 e. The summed E-state index contributed by atoms with van der Waals surface area (Å²) in [6.45, 7) is 2.45. The average Bonchev–Trinajstić information content (AvgIpc) is 3.06. The molecule has 2 heterocycles. The van der Waals surface area contributed by atoms with Crippen LogP contribution in [0.1, 0.15) is 12.6 Å². The minimum Gasteiger partial charge on any atom is -0.326 e. The van der Waals surface area contributed by atoms with E-state index in [4.69, 9.17) is 0 Å². The minimum atomic E-state index is -3.91. The number of sulfone groups is 1. The van der Waals surface area contributed by atoms with Gasteiger partial charge in [-0.05, 0) is 24.3 Å². The molecule has 0 spiro atoms. The number of rotatable bonds is 5. The molecular weight excluding hydrogens is 394 g/mol. The van der Waals surface area contributed by atoms with Gasteiger partial charge in [-0.3, -0.25) is 9.69 Å². The maximum Gasteiger partial charge on any atom is 0.284 e. The van der Waals surface area contributed by atoms with Gasteiger partial charge in [-0.2, -0.15) is 8.42 Å². The molecule has 146 valence electrons. The van der Waals surface area contributed by atoms with Gasteiger partial charge in [-0.1, -0.05) is 5.21 Å². The standard InChI is InChI=1S/C15H19N5O5S2/c1-12(21)16-13-2-4-15(5-3-13)27(24,25)20-11-14(17-18-20)10-19-6-8-26(22,23)9-7-19/h2-5,11H,6-10H2,1H3,(H,16,21). The predicted molar refractivity (Wildman–Crippen MR) is 97.3 cm³/mol. The Kier molecular flexibility index (Phi) is 5.31. The molecule has 1 N–H and O–H groups in total. The third kappa shape index (κ3) is 4.70. The maximum atomic E-state index is 12.6. The summed E-state index contributed by atoms with van der Waals surface area (Å²) < 4.78 is 49.0. The largest absolute Gasteiger partial charge is 0.326 e. The molecule has 1 aliphatic heterocycles. The van der Waals surface area contributed by atoms with Gasteiger partial charge in [0.1, 0.15) is 0 Å². The highest BCUT2D eigenvalue weighted by molar-refractivity contribution is 7.91. The quantitative estimate of drug-likeness (QED) is 0.707. The average molecular weight is 413 g/mol. The molecule has 0 bridgehead atoms. The Bertz CT molecular complexity index is 1030. The van der Waals surface area contributed by atoms with Crippen LogP contribution in [-0.2, 0) is 31.2 Å². The molecular formula is C15H19N5O5S2. The molecule has 10 nitrogen and oxygen atoms in total. The Morgan fingerprint density at radius 1 is 1.19 bits per heavy atom. The molecule has 12 heteroatoms. The first-order valence-corrected chi connectivity index (χ1v) is 11.4. The zero-order chi connectivity index (χ0) is 19.7. The van der Waals surface area contributed by atoms with Crippen molar-refractivity contribution in [1.82, 2.24) is 19.3 Å². The summed E-state index contributed by atoms with van der Waals surface area (Å²) in [5.41, 5.74) is 0.925. The molecule has 1 saturated heterocycles. The lowest BCUT2D eigenvalue weighted by molar-refractivity contribution is -0.114. The van der Waals surface area contributed by atoms with Crippen LogP contribution in [0.3, 0.4) is 0 Å². The fraction of sp³-hybridized carbons (Fsp3) is 0.400. The van der Waals surface area contributed by atoms with Crippen molar-refractivity contribution < 1.29 is 21.6 Å². The summed E-state index contributed by atoms with van der Waals surface area (Å²) in [6.07, 6.45) is 1.32. The van der Waals surface area contributed by atoms with E-state index in [9.17, 15) is 21.6 Å². The van der Waals surface area contributed by atoms with Gasteiger partial charge >= 0.3 is 0 Å². The number of hydrogen-bond donors (Lipinski definition) is 1. The summed E-state index contributed by atoms with van der Waals surface area (Å²) in [7, 11) is -6.89. The zero-order valence-electron chi connectivity index (χ0n) is 14.6. The molecule has 27 heavy (non-hydrogen) atoms. The first-order valence-electron chi connectivity index (χ1n) is 8.13. The lowest BCUT2D eigenvalue weighted by atomic mass is 10.3. The third-order valence-corrected chi connectivity index (χ3v) is 7.21. The number of amides is 1. The first-order chi connectivity index (χ1) is 12.7. The minimum absolute atomic E-state index is 0.0112. The number of nitrogens with zero attached hydrogens (tertiary/aromatic N) is 4. The van der Waals surface area contributed by atoms with Crippen molar-refractivity contribution in [3.63, 3.8) is 0 Å². The molecule has 1 amide bonds. The summed E-state index contributed by atoms with van der Waals surface area (Å²) >= 11 is 0. The number of benzene rings is 1. The van der Waals surface area contributed by atoms with Crippen LogP contribution in [-0.4, -0.2) is 66.6 Å². The van der Waals surface area contributed by atoms with Crippen molar-refractivity contribution in [2.75, 3.05) is 29.9 Å². The lowest BCUT2D eigenvalue weighted by Crippen LogP contribution is -2.39. The molecule has 1 aliphatic rings. The highest BCUT2D eigenvalue weighted by Crippen LogP contribution is 2.17. The van der Waals surface area contributed by atoms with E-state index in [0.717, 1.165) is 4.09 Å². The molecule has 1 fully saturated rings. The van der Waals surface area contributed by atoms with Crippen LogP contribution in [0.15, 0.2) is 35.4 Å². The van der Waals surface area contributed by atoms with Gasteiger partial charge in [-0.25, -0.2) is 8.42 Å². The Balaban J connectivity index is 1.72. The Hall–Kier alpha value is -2.31. The van der Waals surface area contributed by atoms with Gasteiger partial charge in [0, 0.05) is 32.2 Å². The second-order valence-electron chi connectivity index (χ2n) is 6.22. The number of aromatic nitrogens is 3. The van der Waals surface area contributed by atoms with E-state index in [1.54, 1.807) is 0 Å². The molecule has 1 aromatic heterocycles. The van der Waals surface area contributed by atoms with Crippen molar-refractivity contribution in [2.45, 2.75) is 18.4 Å².